The normalized spacial score (nSPS) is 17.2. The number of likely N-dealkylation sites (N-methyl/N-ethyl adjacent to an activating group) is 1. The van der Waals surface area contributed by atoms with Gasteiger partial charge in [0.2, 0.25) is 0 Å². The Morgan fingerprint density at radius 3 is 1.93 bits per heavy atom. The fourth-order valence-corrected chi connectivity index (χ4v) is 1.63. The van der Waals surface area contributed by atoms with Crippen molar-refractivity contribution in [2.24, 2.45) is 17.1 Å². The second-order valence-electron chi connectivity index (χ2n) is 6.39. The first-order chi connectivity index (χ1) is 6.64. The van der Waals surface area contributed by atoms with Crippen molar-refractivity contribution in [3.8, 4) is 0 Å². The Bertz CT molecular complexity index is 170. The molecule has 2 heteroatoms. The lowest BCUT2D eigenvalue weighted by atomic mass is 9.87. The van der Waals surface area contributed by atoms with Crippen LogP contribution in [0.5, 0.6) is 0 Å². The van der Waals surface area contributed by atoms with Gasteiger partial charge < -0.3 is 10.6 Å². The third kappa shape index (κ3) is 6.16. The van der Waals surface area contributed by atoms with Gasteiger partial charge >= 0.3 is 0 Å². The van der Waals surface area contributed by atoms with Gasteiger partial charge in [-0.15, -0.1) is 0 Å². The monoisotopic (exact) mass is 214 g/mol. The maximum Gasteiger partial charge on any atom is 0.0217 e. The van der Waals surface area contributed by atoms with Crippen molar-refractivity contribution in [2.75, 3.05) is 13.6 Å². The lowest BCUT2D eigenvalue weighted by Gasteiger charge is -2.34. The fraction of sp³-hybridized carbons (Fsp3) is 1.00. The van der Waals surface area contributed by atoms with Crippen molar-refractivity contribution in [1.29, 1.82) is 0 Å². The Morgan fingerprint density at radius 2 is 1.60 bits per heavy atom. The molecular weight excluding hydrogens is 184 g/mol. The van der Waals surface area contributed by atoms with Crippen molar-refractivity contribution >= 4 is 0 Å². The molecule has 0 saturated carbocycles. The molecule has 0 amide bonds. The molecule has 0 heterocycles. The van der Waals surface area contributed by atoms with E-state index in [2.05, 4.69) is 53.5 Å². The summed E-state index contributed by atoms with van der Waals surface area (Å²) in [7, 11) is 2.18. The van der Waals surface area contributed by atoms with Crippen LogP contribution in [0.4, 0.5) is 0 Å². The molecule has 92 valence electrons. The molecule has 0 aromatic heterocycles. The zero-order valence-electron chi connectivity index (χ0n) is 11.7. The molecule has 0 aliphatic heterocycles. The van der Waals surface area contributed by atoms with Crippen LogP contribution in [0.1, 0.15) is 48.0 Å². The highest BCUT2D eigenvalue weighted by Gasteiger charge is 2.23. The Morgan fingerprint density at radius 1 is 1.13 bits per heavy atom. The van der Waals surface area contributed by atoms with E-state index in [-0.39, 0.29) is 11.5 Å². The summed E-state index contributed by atoms with van der Waals surface area (Å²) in [6.07, 6.45) is 1.24. The van der Waals surface area contributed by atoms with Gasteiger partial charge in [-0.25, -0.2) is 0 Å². The lowest BCUT2D eigenvalue weighted by Crippen LogP contribution is -2.46. The number of rotatable bonds is 5. The minimum Gasteiger partial charge on any atom is -0.326 e. The molecule has 2 atom stereocenters. The first-order valence-corrected chi connectivity index (χ1v) is 6.10. The topological polar surface area (TPSA) is 29.3 Å². The van der Waals surface area contributed by atoms with E-state index in [0.717, 1.165) is 12.5 Å². The molecule has 0 rings (SSSR count). The summed E-state index contributed by atoms with van der Waals surface area (Å²) in [5.74, 6) is 0.758. The second-order valence-corrected chi connectivity index (χ2v) is 6.39. The van der Waals surface area contributed by atoms with Gasteiger partial charge in [-0.3, -0.25) is 0 Å². The molecule has 2 nitrogen and oxygen atoms in total. The molecular formula is C13H30N2. The van der Waals surface area contributed by atoms with Crippen LogP contribution in [0, 0.1) is 11.3 Å². The van der Waals surface area contributed by atoms with Gasteiger partial charge in [-0.1, -0.05) is 34.6 Å². The predicted octanol–water partition coefficient (Wildman–Crippen LogP) is 2.73. The zero-order valence-corrected chi connectivity index (χ0v) is 11.7. The predicted molar refractivity (Wildman–Crippen MR) is 69.0 cm³/mol. The van der Waals surface area contributed by atoms with Crippen LogP contribution >= 0.6 is 0 Å². The molecule has 0 aliphatic carbocycles. The van der Waals surface area contributed by atoms with Gasteiger partial charge in [0.1, 0.15) is 0 Å². The largest absolute Gasteiger partial charge is 0.326 e. The van der Waals surface area contributed by atoms with Crippen molar-refractivity contribution in [3.63, 3.8) is 0 Å². The Labute approximate surface area is 96.2 Å². The molecule has 0 aromatic carbocycles. The average molecular weight is 214 g/mol. The van der Waals surface area contributed by atoms with Crippen LogP contribution in [0.3, 0.4) is 0 Å². The van der Waals surface area contributed by atoms with Crippen molar-refractivity contribution in [2.45, 2.75) is 60.0 Å². The first-order valence-electron chi connectivity index (χ1n) is 6.10. The summed E-state index contributed by atoms with van der Waals surface area (Å²) in [5, 5.41) is 0. The highest BCUT2D eigenvalue weighted by atomic mass is 15.1. The fourth-order valence-electron chi connectivity index (χ4n) is 1.63. The maximum atomic E-state index is 6.18. The summed E-state index contributed by atoms with van der Waals surface area (Å²) in [6, 6.07) is 0.871. The number of nitrogens with zero attached hydrogens (tertiary/aromatic N) is 1. The van der Waals surface area contributed by atoms with Gasteiger partial charge in [0, 0.05) is 18.6 Å². The smallest absolute Gasteiger partial charge is 0.0217 e. The van der Waals surface area contributed by atoms with E-state index >= 15 is 0 Å². The third-order valence-corrected chi connectivity index (χ3v) is 3.16. The van der Waals surface area contributed by atoms with E-state index in [4.69, 9.17) is 5.73 Å². The van der Waals surface area contributed by atoms with Crippen molar-refractivity contribution < 1.29 is 0 Å². The Kier molecular flexibility index (Phi) is 5.82. The van der Waals surface area contributed by atoms with E-state index in [0.29, 0.717) is 6.04 Å². The van der Waals surface area contributed by atoms with Crippen LogP contribution in [0.15, 0.2) is 0 Å². The maximum absolute atomic E-state index is 6.18. The third-order valence-electron chi connectivity index (χ3n) is 3.16. The number of hydrogen-bond donors (Lipinski definition) is 1. The summed E-state index contributed by atoms with van der Waals surface area (Å²) < 4.78 is 0. The SMILES string of the molecule is CC(C)CC(C)N(C)CC(N)C(C)(C)C. The Balaban J connectivity index is 4.07. The van der Waals surface area contributed by atoms with Crippen LogP contribution in [0.25, 0.3) is 0 Å². The van der Waals surface area contributed by atoms with E-state index < -0.39 is 0 Å². The summed E-state index contributed by atoms with van der Waals surface area (Å²) >= 11 is 0. The van der Waals surface area contributed by atoms with Gasteiger partial charge in [-0.05, 0) is 31.7 Å². The zero-order chi connectivity index (χ0) is 12.2. The molecule has 2 unspecified atom stereocenters. The van der Waals surface area contributed by atoms with Gasteiger partial charge in [0.05, 0.1) is 0 Å². The number of nitrogens with two attached hydrogens (primary N) is 1. The van der Waals surface area contributed by atoms with Crippen molar-refractivity contribution in [3.05, 3.63) is 0 Å². The van der Waals surface area contributed by atoms with Crippen LogP contribution in [-0.4, -0.2) is 30.6 Å². The van der Waals surface area contributed by atoms with Gasteiger partial charge in [0.25, 0.3) is 0 Å². The van der Waals surface area contributed by atoms with Crippen LogP contribution in [-0.2, 0) is 0 Å². The quantitative estimate of drug-likeness (QED) is 0.762. The van der Waals surface area contributed by atoms with E-state index in [9.17, 15) is 0 Å². The summed E-state index contributed by atoms with van der Waals surface area (Å²) in [4.78, 5) is 2.38. The minimum absolute atomic E-state index is 0.200. The average Bonchev–Trinajstić information content (AvgIpc) is 2.00. The van der Waals surface area contributed by atoms with E-state index in [1.807, 2.05) is 0 Å². The molecule has 15 heavy (non-hydrogen) atoms. The molecule has 0 fully saturated rings. The molecule has 2 N–H and O–H groups in total. The van der Waals surface area contributed by atoms with E-state index in [1.54, 1.807) is 0 Å². The summed E-state index contributed by atoms with van der Waals surface area (Å²) in [6.45, 7) is 14.4. The van der Waals surface area contributed by atoms with Crippen molar-refractivity contribution in [1.82, 2.24) is 4.90 Å². The van der Waals surface area contributed by atoms with Gasteiger partial charge in [-0.2, -0.15) is 0 Å². The van der Waals surface area contributed by atoms with Crippen LogP contribution < -0.4 is 5.73 Å². The molecule has 0 spiro atoms. The van der Waals surface area contributed by atoms with E-state index in [1.165, 1.54) is 6.42 Å². The second kappa shape index (κ2) is 5.86. The lowest BCUT2D eigenvalue weighted by molar-refractivity contribution is 0.175. The standard InChI is InChI=1S/C13H30N2/c1-10(2)8-11(3)15(7)9-12(14)13(4,5)6/h10-12H,8-9,14H2,1-7H3. The first kappa shape index (κ1) is 14.9. The molecule has 0 bridgehead atoms. The molecule has 0 saturated heterocycles. The Hall–Kier alpha value is -0.0800. The number of hydrogen-bond acceptors (Lipinski definition) is 2. The highest BCUT2D eigenvalue weighted by Crippen LogP contribution is 2.19. The molecule has 0 aromatic rings. The minimum atomic E-state index is 0.200. The highest BCUT2D eigenvalue weighted by molar-refractivity contribution is 4.81. The molecule has 0 radical (unpaired) electrons. The summed E-state index contributed by atoms with van der Waals surface area (Å²) in [5.41, 5.74) is 6.38. The molecule has 0 aliphatic rings. The van der Waals surface area contributed by atoms with Crippen LogP contribution in [0.2, 0.25) is 0 Å². The van der Waals surface area contributed by atoms with Gasteiger partial charge in [0.15, 0.2) is 0 Å².